The zero-order chi connectivity index (χ0) is 15.8. The lowest BCUT2D eigenvalue weighted by Crippen LogP contribution is -2.35. The van der Waals surface area contributed by atoms with E-state index in [0.29, 0.717) is 30.4 Å². The zero-order valence-electron chi connectivity index (χ0n) is 14.1. The van der Waals surface area contributed by atoms with Crippen LogP contribution in [-0.4, -0.2) is 67.2 Å². The molecule has 7 nitrogen and oxygen atoms in total. The Hall–Kier alpha value is -1.63. The van der Waals surface area contributed by atoms with Crippen LogP contribution in [0, 0.1) is 5.92 Å². The predicted molar refractivity (Wildman–Crippen MR) is 86.1 cm³/mol. The smallest absolute Gasteiger partial charge is 0.323 e. The molecule has 0 unspecified atom stereocenters. The van der Waals surface area contributed by atoms with E-state index in [4.69, 9.17) is 4.74 Å². The van der Waals surface area contributed by atoms with Crippen molar-refractivity contribution in [2.24, 2.45) is 5.92 Å². The van der Waals surface area contributed by atoms with Crippen LogP contribution in [0.5, 0.6) is 6.01 Å². The monoisotopic (exact) mass is 296 g/mol. The molecule has 0 aliphatic carbocycles. The van der Waals surface area contributed by atoms with E-state index in [1.165, 1.54) is 0 Å². The molecule has 0 aliphatic rings. The van der Waals surface area contributed by atoms with Crippen molar-refractivity contribution in [3.05, 3.63) is 0 Å². The second-order valence-corrected chi connectivity index (χ2v) is 5.57. The van der Waals surface area contributed by atoms with E-state index in [9.17, 15) is 0 Å². The van der Waals surface area contributed by atoms with E-state index < -0.39 is 0 Å². The summed E-state index contributed by atoms with van der Waals surface area (Å²) in [5.41, 5.74) is 0. The Morgan fingerprint density at radius 3 is 2.38 bits per heavy atom. The molecule has 7 heteroatoms. The molecule has 0 bridgehead atoms. The number of hydrogen-bond acceptors (Lipinski definition) is 7. The van der Waals surface area contributed by atoms with Crippen LogP contribution in [0.15, 0.2) is 0 Å². The molecule has 1 heterocycles. The Morgan fingerprint density at radius 1 is 1.14 bits per heavy atom. The van der Waals surface area contributed by atoms with Crippen LogP contribution in [0.4, 0.5) is 11.9 Å². The van der Waals surface area contributed by atoms with Gasteiger partial charge in [-0.15, -0.1) is 0 Å². The quantitative estimate of drug-likeness (QED) is 0.737. The third-order valence-electron chi connectivity index (χ3n) is 2.79. The van der Waals surface area contributed by atoms with Gasteiger partial charge in [0.2, 0.25) is 11.9 Å². The predicted octanol–water partition coefficient (Wildman–Crippen LogP) is 1.34. The van der Waals surface area contributed by atoms with E-state index in [1.807, 2.05) is 6.92 Å². The maximum Gasteiger partial charge on any atom is 0.323 e. The fourth-order valence-electron chi connectivity index (χ4n) is 1.83. The van der Waals surface area contributed by atoms with E-state index in [0.717, 1.165) is 19.6 Å². The van der Waals surface area contributed by atoms with Gasteiger partial charge < -0.3 is 19.9 Å². The first-order valence-corrected chi connectivity index (χ1v) is 7.42. The molecular formula is C14H28N6O. The van der Waals surface area contributed by atoms with E-state index >= 15 is 0 Å². The maximum atomic E-state index is 5.43. The summed E-state index contributed by atoms with van der Waals surface area (Å²) >= 11 is 0. The van der Waals surface area contributed by atoms with Crippen molar-refractivity contribution >= 4 is 11.9 Å². The normalized spacial score (nSPS) is 11.0. The molecule has 1 aromatic heterocycles. The number of rotatable bonds is 9. The van der Waals surface area contributed by atoms with Gasteiger partial charge in [0.05, 0.1) is 6.61 Å². The summed E-state index contributed by atoms with van der Waals surface area (Å²) in [5, 5.41) is 2.96. The van der Waals surface area contributed by atoms with E-state index in [-0.39, 0.29) is 0 Å². The molecule has 120 valence electrons. The molecule has 0 spiro atoms. The highest BCUT2D eigenvalue weighted by Gasteiger charge is 2.15. The average molecular weight is 296 g/mol. The molecule has 1 N–H and O–H groups in total. The van der Waals surface area contributed by atoms with Crippen LogP contribution < -0.4 is 15.0 Å². The van der Waals surface area contributed by atoms with Crippen LogP contribution in [-0.2, 0) is 0 Å². The highest BCUT2D eigenvalue weighted by molar-refractivity contribution is 5.38. The molecule has 0 aromatic carbocycles. The van der Waals surface area contributed by atoms with Crippen LogP contribution in [0.1, 0.15) is 20.8 Å². The van der Waals surface area contributed by atoms with Crippen molar-refractivity contribution in [2.45, 2.75) is 20.8 Å². The molecular weight excluding hydrogens is 268 g/mol. The third kappa shape index (κ3) is 6.12. The van der Waals surface area contributed by atoms with Gasteiger partial charge in [-0.25, -0.2) is 0 Å². The summed E-state index contributed by atoms with van der Waals surface area (Å²) in [6, 6.07) is 0.366. The lowest BCUT2D eigenvalue weighted by atomic mass is 10.2. The average Bonchev–Trinajstić information content (AvgIpc) is 2.42. The van der Waals surface area contributed by atoms with Crippen LogP contribution in [0.25, 0.3) is 0 Å². The number of nitrogens with zero attached hydrogens (tertiary/aromatic N) is 5. The Balaban J connectivity index is 3.00. The number of ether oxygens (including phenoxy) is 1. The summed E-state index contributed by atoms with van der Waals surface area (Å²) < 4.78 is 5.43. The third-order valence-corrected chi connectivity index (χ3v) is 2.79. The van der Waals surface area contributed by atoms with Gasteiger partial charge in [-0.2, -0.15) is 15.0 Å². The number of anilines is 2. The number of likely N-dealkylation sites (N-methyl/N-ethyl adjacent to an activating group) is 1. The van der Waals surface area contributed by atoms with Crippen molar-refractivity contribution in [3.8, 4) is 6.01 Å². The van der Waals surface area contributed by atoms with Gasteiger partial charge in [-0.05, 0) is 26.9 Å². The minimum Gasteiger partial charge on any atom is -0.464 e. The standard InChI is InChI=1S/C14H28N6O/c1-7-21-14-17-12(15-4)16-13(18-14)20(10-11(2)3)9-8-19(5)6/h11H,7-10H2,1-6H3,(H,15,16,17,18). The molecule has 0 radical (unpaired) electrons. The van der Waals surface area contributed by atoms with Crippen molar-refractivity contribution in [2.75, 3.05) is 57.6 Å². The fraction of sp³-hybridized carbons (Fsp3) is 0.786. The Bertz CT molecular complexity index is 424. The van der Waals surface area contributed by atoms with Crippen LogP contribution >= 0.6 is 0 Å². The lowest BCUT2D eigenvalue weighted by Gasteiger charge is -2.26. The van der Waals surface area contributed by atoms with Crippen LogP contribution in [0.2, 0.25) is 0 Å². The maximum absolute atomic E-state index is 5.43. The molecule has 1 aromatic rings. The van der Waals surface area contributed by atoms with Crippen LogP contribution in [0.3, 0.4) is 0 Å². The minimum absolute atomic E-state index is 0.366. The van der Waals surface area contributed by atoms with Gasteiger partial charge in [-0.3, -0.25) is 0 Å². The first kappa shape index (κ1) is 17.4. The molecule has 1 rings (SSSR count). The molecule has 0 fully saturated rings. The van der Waals surface area contributed by atoms with E-state index in [1.54, 1.807) is 7.05 Å². The highest BCUT2D eigenvalue weighted by Crippen LogP contribution is 2.16. The highest BCUT2D eigenvalue weighted by atomic mass is 16.5. The molecule has 0 amide bonds. The SMILES string of the molecule is CCOc1nc(NC)nc(N(CCN(C)C)CC(C)C)n1. The summed E-state index contributed by atoms with van der Waals surface area (Å²) in [4.78, 5) is 17.4. The Labute approximate surface area is 127 Å². The zero-order valence-corrected chi connectivity index (χ0v) is 14.1. The van der Waals surface area contributed by atoms with Gasteiger partial charge in [0.25, 0.3) is 0 Å². The number of hydrogen-bond donors (Lipinski definition) is 1. The number of aromatic nitrogens is 3. The number of nitrogens with one attached hydrogen (secondary N) is 1. The van der Waals surface area contributed by atoms with Gasteiger partial charge in [0, 0.05) is 26.7 Å². The first-order valence-electron chi connectivity index (χ1n) is 7.42. The molecule has 0 atom stereocenters. The lowest BCUT2D eigenvalue weighted by molar-refractivity contribution is 0.311. The summed E-state index contributed by atoms with van der Waals surface area (Å²) in [7, 11) is 5.92. The first-order chi connectivity index (χ1) is 9.96. The van der Waals surface area contributed by atoms with Gasteiger partial charge >= 0.3 is 6.01 Å². The Morgan fingerprint density at radius 2 is 1.86 bits per heavy atom. The second kappa shape index (κ2) is 8.61. The largest absolute Gasteiger partial charge is 0.464 e. The molecule has 0 saturated heterocycles. The summed E-state index contributed by atoms with van der Waals surface area (Å²) in [5.74, 6) is 1.72. The van der Waals surface area contributed by atoms with Gasteiger partial charge in [-0.1, -0.05) is 13.8 Å². The Kier molecular flexibility index (Phi) is 7.14. The van der Waals surface area contributed by atoms with Gasteiger partial charge in [0.1, 0.15) is 0 Å². The summed E-state index contributed by atoms with van der Waals surface area (Å²) in [6.07, 6.45) is 0. The molecule has 0 saturated carbocycles. The van der Waals surface area contributed by atoms with Gasteiger partial charge in [0.15, 0.2) is 0 Å². The fourth-order valence-corrected chi connectivity index (χ4v) is 1.83. The molecule has 21 heavy (non-hydrogen) atoms. The summed E-state index contributed by atoms with van der Waals surface area (Å²) in [6.45, 7) is 9.53. The topological polar surface area (TPSA) is 66.4 Å². The molecule has 0 aliphatic heterocycles. The van der Waals surface area contributed by atoms with Crippen molar-refractivity contribution in [3.63, 3.8) is 0 Å². The van der Waals surface area contributed by atoms with Crippen molar-refractivity contribution < 1.29 is 4.74 Å². The van der Waals surface area contributed by atoms with E-state index in [2.05, 4.69) is 58.0 Å². The minimum atomic E-state index is 0.366. The van der Waals surface area contributed by atoms with Crippen molar-refractivity contribution in [1.82, 2.24) is 19.9 Å². The second-order valence-electron chi connectivity index (χ2n) is 5.57. The van der Waals surface area contributed by atoms with Crippen molar-refractivity contribution in [1.29, 1.82) is 0 Å².